The van der Waals surface area contributed by atoms with Gasteiger partial charge in [-0.1, -0.05) is 0 Å². The number of aliphatic hydroxyl groups is 1. The summed E-state index contributed by atoms with van der Waals surface area (Å²) in [6.45, 7) is 3.38. The number of rotatable bonds is 0. The molecule has 1 unspecified atom stereocenters. The van der Waals surface area contributed by atoms with Crippen LogP contribution in [0.15, 0.2) is 0 Å². The number of nitrogens with zero attached hydrogens (tertiary/aromatic N) is 1. The summed E-state index contributed by atoms with van der Waals surface area (Å²) in [5, 5.41) is 9.36. The van der Waals surface area contributed by atoms with Crippen LogP contribution in [0.4, 0.5) is 0 Å². The van der Waals surface area contributed by atoms with Crippen molar-refractivity contribution in [3.63, 3.8) is 0 Å². The first kappa shape index (κ1) is 9.01. The first-order valence-corrected chi connectivity index (χ1v) is 3.76. The number of fused-ring (bicyclic) bond motifs is 3. The molecule has 3 saturated heterocycles. The van der Waals surface area contributed by atoms with Crippen LogP contribution in [-0.4, -0.2) is 65.3 Å². The second-order valence-electron chi connectivity index (χ2n) is 3.21. The van der Waals surface area contributed by atoms with Gasteiger partial charge in [0.2, 0.25) is 0 Å². The van der Waals surface area contributed by atoms with Crippen molar-refractivity contribution in [2.24, 2.45) is 5.92 Å². The third kappa shape index (κ3) is 1.56. The van der Waals surface area contributed by atoms with Crippen molar-refractivity contribution in [1.29, 1.82) is 0 Å². The van der Waals surface area contributed by atoms with E-state index in [1.165, 1.54) is 25.9 Å². The van der Waals surface area contributed by atoms with Gasteiger partial charge in [-0.25, -0.2) is 0 Å². The van der Waals surface area contributed by atoms with Crippen LogP contribution in [0.1, 0.15) is 12.8 Å². The first-order chi connectivity index (χ1) is 4.36. The van der Waals surface area contributed by atoms with Gasteiger partial charge in [-0.2, -0.15) is 0 Å². The van der Waals surface area contributed by atoms with Crippen molar-refractivity contribution in [3.8, 4) is 0 Å². The van der Waals surface area contributed by atoms with E-state index in [4.69, 9.17) is 0 Å². The molecule has 1 N–H and O–H groups in total. The van der Waals surface area contributed by atoms with E-state index in [-0.39, 0.29) is 35.7 Å². The van der Waals surface area contributed by atoms with Gasteiger partial charge in [0.1, 0.15) is 0 Å². The van der Waals surface area contributed by atoms with Gasteiger partial charge >= 0.3 is 29.6 Å². The zero-order valence-electron chi connectivity index (χ0n) is 5.58. The molecular weight excluding hydrogens is 137 g/mol. The van der Waals surface area contributed by atoms with E-state index >= 15 is 0 Å². The molecule has 0 amide bonds. The molecule has 3 heterocycles. The molecule has 3 aliphatic rings. The van der Waals surface area contributed by atoms with E-state index in [9.17, 15) is 5.11 Å². The molecule has 3 aliphatic heterocycles. The summed E-state index contributed by atoms with van der Waals surface area (Å²) in [6.07, 6.45) is 2.44. The van der Waals surface area contributed by atoms with Crippen LogP contribution in [0.5, 0.6) is 0 Å². The Morgan fingerprint density at radius 1 is 1.20 bits per heavy atom. The van der Waals surface area contributed by atoms with Gasteiger partial charge in [0.15, 0.2) is 0 Å². The van der Waals surface area contributed by atoms with Gasteiger partial charge in [-0.05, 0) is 31.8 Å². The van der Waals surface area contributed by atoms with Crippen LogP contribution in [0, 0.1) is 5.92 Å². The van der Waals surface area contributed by atoms with Crippen molar-refractivity contribution >= 4 is 29.6 Å². The Bertz CT molecular complexity index is 112. The molecular formula is C7H14NNaO. The quantitative estimate of drug-likeness (QED) is 0.468. The maximum atomic E-state index is 9.36. The normalized spacial score (nSPS) is 44.7. The molecule has 0 radical (unpaired) electrons. The van der Waals surface area contributed by atoms with Gasteiger partial charge in [0, 0.05) is 6.54 Å². The number of piperidine rings is 3. The summed E-state index contributed by atoms with van der Waals surface area (Å²) >= 11 is 0. The Morgan fingerprint density at radius 3 is 2.00 bits per heavy atom. The van der Waals surface area contributed by atoms with Gasteiger partial charge < -0.3 is 10.0 Å². The Kier molecular flexibility index (Phi) is 3.20. The third-order valence-electron chi connectivity index (χ3n) is 2.62. The van der Waals surface area contributed by atoms with Gasteiger partial charge in [0.25, 0.3) is 0 Å². The second kappa shape index (κ2) is 3.55. The fourth-order valence-corrected chi connectivity index (χ4v) is 1.93. The fourth-order valence-electron chi connectivity index (χ4n) is 1.93. The molecule has 2 bridgehead atoms. The summed E-state index contributed by atoms with van der Waals surface area (Å²) in [5.41, 5.74) is 0. The van der Waals surface area contributed by atoms with E-state index in [1.807, 2.05) is 0 Å². The summed E-state index contributed by atoms with van der Waals surface area (Å²) in [4.78, 5) is 2.35. The summed E-state index contributed by atoms with van der Waals surface area (Å²) in [5.74, 6) is 0.634. The molecule has 0 aliphatic carbocycles. The zero-order chi connectivity index (χ0) is 6.27. The minimum absolute atomic E-state index is 0. The molecule has 3 fully saturated rings. The fraction of sp³-hybridized carbons (Fsp3) is 1.00. The van der Waals surface area contributed by atoms with E-state index in [0.29, 0.717) is 5.92 Å². The summed E-state index contributed by atoms with van der Waals surface area (Å²) < 4.78 is 0. The maximum absolute atomic E-state index is 9.36. The van der Waals surface area contributed by atoms with Crippen LogP contribution in [-0.2, 0) is 0 Å². The minimum atomic E-state index is -0.00694. The van der Waals surface area contributed by atoms with Crippen molar-refractivity contribution in [2.75, 3.05) is 19.6 Å². The Labute approximate surface area is 83.9 Å². The first-order valence-electron chi connectivity index (χ1n) is 3.76. The van der Waals surface area contributed by atoms with Crippen LogP contribution in [0.25, 0.3) is 0 Å². The molecule has 54 valence electrons. The standard InChI is InChI=1S/C7H13NO.Na.H/c9-7-5-8-3-1-6(7)2-4-8;;/h6-7,9H,1-5H2;;. The van der Waals surface area contributed by atoms with Crippen LogP contribution >= 0.6 is 0 Å². The van der Waals surface area contributed by atoms with Gasteiger partial charge in [0.05, 0.1) is 6.10 Å². The van der Waals surface area contributed by atoms with Crippen LogP contribution in [0.3, 0.4) is 0 Å². The topological polar surface area (TPSA) is 23.5 Å². The predicted molar refractivity (Wildman–Crippen MR) is 42.3 cm³/mol. The van der Waals surface area contributed by atoms with E-state index in [0.717, 1.165) is 6.54 Å². The van der Waals surface area contributed by atoms with Crippen molar-refractivity contribution in [3.05, 3.63) is 0 Å². The number of hydrogen-bond acceptors (Lipinski definition) is 2. The molecule has 0 aromatic rings. The van der Waals surface area contributed by atoms with Crippen molar-refractivity contribution in [2.45, 2.75) is 18.9 Å². The van der Waals surface area contributed by atoms with Gasteiger partial charge in [-0.15, -0.1) is 0 Å². The Hall–Kier alpha value is 0.920. The Balaban J connectivity index is 0.000000500. The molecule has 2 nitrogen and oxygen atoms in total. The van der Waals surface area contributed by atoms with Crippen LogP contribution in [0.2, 0.25) is 0 Å². The van der Waals surface area contributed by atoms with E-state index in [2.05, 4.69) is 4.90 Å². The predicted octanol–water partition coefficient (Wildman–Crippen LogP) is -0.576. The molecule has 1 atom stereocenters. The molecule has 3 rings (SSSR count). The molecule has 0 aromatic carbocycles. The van der Waals surface area contributed by atoms with E-state index < -0.39 is 0 Å². The van der Waals surface area contributed by atoms with Gasteiger partial charge in [-0.3, -0.25) is 0 Å². The molecule has 0 saturated carbocycles. The monoisotopic (exact) mass is 151 g/mol. The molecule has 0 spiro atoms. The molecule has 10 heavy (non-hydrogen) atoms. The Morgan fingerprint density at radius 2 is 1.80 bits per heavy atom. The summed E-state index contributed by atoms with van der Waals surface area (Å²) in [7, 11) is 0. The van der Waals surface area contributed by atoms with E-state index in [1.54, 1.807) is 0 Å². The summed E-state index contributed by atoms with van der Waals surface area (Å²) in [6, 6.07) is 0. The number of aliphatic hydroxyl groups excluding tert-OH is 1. The molecule has 3 heteroatoms. The SMILES string of the molecule is OC1CN2CCC1CC2.[NaH]. The molecule has 0 aromatic heterocycles. The van der Waals surface area contributed by atoms with Crippen molar-refractivity contribution < 1.29 is 5.11 Å². The van der Waals surface area contributed by atoms with Crippen molar-refractivity contribution in [1.82, 2.24) is 4.90 Å². The third-order valence-corrected chi connectivity index (χ3v) is 2.62. The number of hydrogen-bond donors (Lipinski definition) is 1. The zero-order valence-corrected chi connectivity index (χ0v) is 5.58. The second-order valence-corrected chi connectivity index (χ2v) is 3.21. The average Bonchev–Trinajstić information content (AvgIpc) is 1.90. The van der Waals surface area contributed by atoms with Crippen LogP contribution < -0.4 is 0 Å². The average molecular weight is 151 g/mol.